The van der Waals surface area contributed by atoms with Crippen LogP contribution in [0.1, 0.15) is 5.76 Å². The SMILES string of the molecule is COC(=O)Cc1cc2cccc(O)c2o1. The number of carbonyl (C=O) groups excluding carboxylic acids is 1. The second-order valence-electron chi connectivity index (χ2n) is 3.16. The van der Waals surface area contributed by atoms with E-state index in [1.54, 1.807) is 18.2 Å². The average molecular weight is 206 g/mol. The number of ether oxygens (including phenoxy) is 1. The third-order valence-corrected chi connectivity index (χ3v) is 2.12. The van der Waals surface area contributed by atoms with Crippen molar-refractivity contribution in [2.45, 2.75) is 6.42 Å². The average Bonchev–Trinajstić information content (AvgIpc) is 2.62. The third-order valence-electron chi connectivity index (χ3n) is 2.12. The summed E-state index contributed by atoms with van der Waals surface area (Å²) in [5, 5.41) is 10.2. The molecule has 0 radical (unpaired) electrons. The van der Waals surface area contributed by atoms with Gasteiger partial charge in [0.1, 0.15) is 12.2 Å². The highest BCUT2D eigenvalue weighted by molar-refractivity contribution is 5.84. The predicted molar refractivity (Wildman–Crippen MR) is 53.6 cm³/mol. The van der Waals surface area contributed by atoms with Gasteiger partial charge in [0, 0.05) is 5.39 Å². The minimum atomic E-state index is -0.367. The van der Waals surface area contributed by atoms with Crippen molar-refractivity contribution < 1.29 is 19.1 Å². The van der Waals surface area contributed by atoms with E-state index in [9.17, 15) is 9.90 Å². The second-order valence-corrected chi connectivity index (χ2v) is 3.16. The summed E-state index contributed by atoms with van der Waals surface area (Å²) in [6.45, 7) is 0. The van der Waals surface area contributed by atoms with Gasteiger partial charge in [-0.1, -0.05) is 12.1 Å². The molecule has 0 aliphatic carbocycles. The van der Waals surface area contributed by atoms with Crippen LogP contribution in [0.3, 0.4) is 0 Å². The van der Waals surface area contributed by atoms with Gasteiger partial charge in [0.2, 0.25) is 0 Å². The van der Waals surface area contributed by atoms with Gasteiger partial charge < -0.3 is 14.3 Å². The fraction of sp³-hybridized carbons (Fsp3) is 0.182. The maximum Gasteiger partial charge on any atom is 0.313 e. The van der Waals surface area contributed by atoms with E-state index in [1.165, 1.54) is 13.2 Å². The summed E-state index contributed by atoms with van der Waals surface area (Å²) >= 11 is 0. The van der Waals surface area contributed by atoms with Gasteiger partial charge in [-0.2, -0.15) is 0 Å². The molecule has 0 saturated heterocycles. The molecule has 1 heterocycles. The molecular weight excluding hydrogens is 196 g/mol. The molecule has 0 spiro atoms. The Morgan fingerprint density at radius 2 is 2.33 bits per heavy atom. The van der Waals surface area contributed by atoms with Gasteiger partial charge in [-0.25, -0.2) is 0 Å². The van der Waals surface area contributed by atoms with Gasteiger partial charge >= 0.3 is 5.97 Å². The molecule has 78 valence electrons. The van der Waals surface area contributed by atoms with Crippen LogP contribution in [0.15, 0.2) is 28.7 Å². The molecule has 0 fully saturated rings. The zero-order chi connectivity index (χ0) is 10.8. The Morgan fingerprint density at radius 3 is 3.00 bits per heavy atom. The van der Waals surface area contributed by atoms with Crippen LogP contribution in [0.5, 0.6) is 5.75 Å². The number of para-hydroxylation sites is 1. The van der Waals surface area contributed by atoms with Crippen molar-refractivity contribution in [3.63, 3.8) is 0 Å². The minimum Gasteiger partial charge on any atom is -0.504 e. The van der Waals surface area contributed by atoms with Crippen LogP contribution in [-0.2, 0) is 16.0 Å². The normalized spacial score (nSPS) is 10.5. The number of benzene rings is 1. The molecule has 1 N–H and O–H groups in total. The summed E-state index contributed by atoms with van der Waals surface area (Å²) in [6, 6.07) is 6.77. The number of phenols is 1. The number of hydrogen-bond acceptors (Lipinski definition) is 4. The first-order chi connectivity index (χ1) is 7.20. The van der Waals surface area contributed by atoms with E-state index in [2.05, 4.69) is 4.74 Å². The van der Waals surface area contributed by atoms with E-state index in [4.69, 9.17) is 4.42 Å². The molecule has 0 saturated carbocycles. The molecule has 1 aromatic heterocycles. The molecule has 0 amide bonds. The summed E-state index contributed by atoms with van der Waals surface area (Å²) in [7, 11) is 1.32. The highest BCUT2D eigenvalue weighted by atomic mass is 16.5. The van der Waals surface area contributed by atoms with Crippen molar-refractivity contribution in [2.75, 3.05) is 7.11 Å². The number of aromatic hydroxyl groups is 1. The molecule has 0 bridgehead atoms. The van der Waals surface area contributed by atoms with E-state index in [0.29, 0.717) is 11.3 Å². The van der Waals surface area contributed by atoms with E-state index >= 15 is 0 Å². The van der Waals surface area contributed by atoms with Gasteiger partial charge in [0.05, 0.1) is 7.11 Å². The Kier molecular flexibility index (Phi) is 2.33. The van der Waals surface area contributed by atoms with Gasteiger partial charge in [-0.3, -0.25) is 4.79 Å². The van der Waals surface area contributed by atoms with E-state index < -0.39 is 0 Å². The minimum absolute atomic E-state index is 0.0728. The first-order valence-corrected chi connectivity index (χ1v) is 4.48. The zero-order valence-electron chi connectivity index (χ0n) is 8.19. The molecule has 15 heavy (non-hydrogen) atoms. The Labute approximate surface area is 86.1 Å². The predicted octanol–water partition coefficient (Wildman–Crippen LogP) is 1.85. The van der Waals surface area contributed by atoms with Crippen molar-refractivity contribution in [3.05, 3.63) is 30.0 Å². The van der Waals surface area contributed by atoms with Crippen LogP contribution in [0.2, 0.25) is 0 Å². The first kappa shape index (κ1) is 9.58. The second kappa shape index (κ2) is 3.65. The molecule has 2 aromatic rings. The summed E-state index contributed by atoms with van der Waals surface area (Å²) in [5.41, 5.74) is 0.399. The number of furan rings is 1. The van der Waals surface area contributed by atoms with Crippen molar-refractivity contribution in [1.29, 1.82) is 0 Å². The smallest absolute Gasteiger partial charge is 0.313 e. The molecule has 0 aliphatic heterocycles. The van der Waals surface area contributed by atoms with Crippen molar-refractivity contribution >= 4 is 16.9 Å². The van der Waals surface area contributed by atoms with Crippen LogP contribution < -0.4 is 0 Å². The fourth-order valence-electron chi connectivity index (χ4n) is 1.40. The Hall–Kier alpha value is -1.97. The Balaban J connectivity index is 2.39. The number of esters is 1. The Bertz CT molecular complexity index is 498. The lowest BCUT2D eigenvalue weighted by molar-refractivity contribution is -0.140. The van der Waals surface area contributed by atoms with Gasteiger partial charge in [0.25, 0.3) is 0 Å². The highest BCUT2D eigenvalue weighted by Gasteiger charge is 2.10. The van der Waals surface area contributed by atoms with Crippen molar-refractivity contribution in [3.8, 4) is 5.75 Å². The highest BCUT2D eigenvalue weighted by Crippen LogP contribution is 2.27. The number of hydrogen-bond donors (Lipinski definition) is 1. The molecule has 0 unspecified atom stereocenters. The molecule has 0 atom stereocenters. The maximum absolute atomic E-state index is 11.0. The van der Waals surface area contributed by atoms with Crippen LogP contribution in [0.25, 0.3) is 11.0 Å². The molecule has 4 nitrogen and oxygen atoms in total. The largest absolute Gasteiger partial charge is 0.504 e. The summed E-state index contributed by atoms with van der Waals surface area (Å²) < 4.78 is 9.84. The van der Waals surface area contributed by atoms with Crippen molar-refractivity contribution in [2.24, 2.45) is 0 Å². The number of methoxy groups -OCH3 is 1. The van der Waals surface area contributed by atoms with Gasteiger partial charge in [-0.05, 0) is 12.1 Å². The lowest BCUT2D eigenvalue weighted by Crippen LogP contribution is -2.02. The number of phenolic OH excluding ortho intramolecular Hbond substituents is 1. The first-order valence-electron chi connectivity index (χ1n) is 4.48. The molecule has 0 aliphatic rings. The summed E-state index contributed by atoms with van der Waals surface area (Å²) in [5.74, 6) is 0.190. The summed E-state index contributed by atoms with van der Waals surface area (Å²) in [4.78, 5) is 11.0. The molecule has 1 aromatic carbocycles. The number of carbonyl (C=O) groups is 1. The van der Waals surface area contributed by atoms with Crippen LogP contribution in [0, 0.1) is 0 Å². The van der Waals surface area contributed by atoms with E-state index in [0.717, 1.165) is 5.39 Å². The Morgan fingerprint density at radius 1 is 1.53 bits per heavy atom. The van der Waals surface area contributed by atoms with Crippen LogP contribution >= 0.6 is 0 Å². The quantitative estimate of drug-likeness (QED) is 0.762. The van der Waals surface area contributed by atoms with E-state index in [1.807, 2.05) is 0 Å². The lowest BCUT2D eigenvalue weighted by Gasteiger charge is -1.94. The summed E-state index contributed by atoms with van der Waals surface area (Å²) in [6.07, 6.45) is 0.0740. The van der Waals surface area contributed by atoms with Gasteiger partial charge in [0.15, 0.2) is 11.3 Å². The lowest BCUT2D eigenvalue weighted by atomic mass is 10.2. The monoisotopic (exact) mass is 206 g/mol. The fourth-order valence-corrected chi connectivity index (χ4v) is 1.40. The number of fused-ring (bicyclic) bond motifs is 1. The maximum atomic E-state index is 11.0. The van der Waals surface area contributed by atoms with E-state index in [-0.39, 0.29) is 18.1 Å². The molecule has 4 heteroatoms. The van der Waals surface area contributed by atoms with Crippen LogP contribution in [-0.4, -0.2) is 18.2 Å². The standard InChI is InChI=1S/C11H10O4/c1-14-10(13)6-8-5-7-3-2-4-9(12)11(7)15-8/h2-5,12H,6H2,1H3. The van der Waals surface area contributed by atoms with Crippen LogP contribution in [0.4, 0.5) is 0 Å². The zero-order valence-corrected chi connectivity index (χ0v) is 8.19. The van der Waals surface area contributed by atoms with Gasteiger partial charge in [-0.15, -0.1) is 0 Å². The van der Waals surface area contributed by atoms with Crippen molar-refractivity contribution in [1.82, 2.24) is 0 Å². The topological polar surface area (TPSA) is 59.7 Å². The third kappa shape index (κ3) is 1.79. The molecular formula is C11H10O4. The number of rotatable bonds is 2. The molecule has 2 rings (SSSR count).